The van der Waals surface area contributed by atoms with Gasteiger partial charge in [-0.2, -0.15) is 5.10 Å². The molecule has 3 rings (SSSR count). The smallest absolute Gasteiger partial charge is 0.185 e. The van der Waals surface area contributed by atoms with Crippen molar-refractivity contribution in [2.75, 3.05) is 5.73 Å². The van der Waals surface area contributed by atoms with E-state index in [1.54, 1.807) is 29.5 Å². The standard InChI is InChI=1S/C12H9ClN4S/c13-7-3-1-4-8(14)10(7)12-15-11(16-17-12)9-5-2-6-18-9/h1-6H,14H2,(H,15,16,17). The van der Waals surface area contributed by atoms with Gasteiger partial charge in [0, 0.05) is 5.69 Å². The Morgan fingerprint density at radius 1 is 1.22 bits per heavy atom. The van der Waals surface area contributed by atoms with Gasteiger partial charge < -0.3 is 5.73 Å². The summed E-state index contributed by atoms with van der Waals surface area (Å²) < 4.78 is 0. The number of anilines is 1. The van der Waals surface area contributed by atoms with Gasteiger partial charge in [0.05, 0.1) is 15.5 Å². The van der Waals surface area contributed by atoms with Crippen LogP contribution in [0.3, 0.4) is 0 Å². The first-order valence-corrected chi connectivity index (χ1v) is 6.52. The van der Waals surface area contributed by atoms with Crippen LogP contribution in [-0.4, -0.2) is 15.2 Å². The fourth-order valence-electron chi connectivity index (χ4n) is 1.67. The molecule has 0 aliphatic carbocycles. The van der Waals surface area contributed by atoms with E-state index in [1.165, 1.54) is 0 Å². The maximum Gasteiger partial charge on any atom is 0.185 e. The minimum atomic E-state index is 0.515. The van der Waals surface area contributed by atoms with Crippen LogP contribution in [0.25, 0.3) is 22.1 Å². The number of nitrogens with zero attached hydrogens (tertiary/aromatic N) is 2. The summed E-state index contributed by atoms with van der Waals surface area (Å²) in [5.74, 6) is 1.24. The molecule has 6 heteroatoms. The highest BCUT2D eigenvalue weighted by molar-refractivity contribution is 7.13. The number of aromatic nitrogens is 3. The fraction of sp³-hybridized carbons (Fsp3) is 0. The molecule has 0 radical (unpaired) electrons. The summed E-state index contributed by atoms with van der Waals surface area (Å²) >= 11 is 7.72. The summed E-state index contributed by atoms with van der Waals surface area (Å²) in [5, 5.41) is 9.60. The summed E-state index contributed by atoms with van der Waals surface area (Å²) in [6.45, 7) is 0. The number of hydrogen-bond acceptors (Lipinski definition) is 4. The highest BCUT2D eigenvalue weighted by Crippen LogP contribution is 2.32. The number of thiophene rings is 1. The summed E-state index contributed by atoms with van der Waals surface area (Å²) in [5.41, 5.74) is 7.14. The number of aromatic amines is 1. The van der Waals surface area contributed by atoms with Crippen molar-refractivity contribution in [2.24, 2.45) is 0 Å². The molecule has 0 amide bonds. The molecule has 0 aliphatic rings. The quantitative estimate of drug-likeness (QED) is 0.705. The second-order valence-corrected chi connectivity index (χ2v) is 5.04. The van der Waals surface area contributed by atoms with E-state index in [0.29, 0.717) is 22.1 Å². The topological polar surface area (TPSA) is 67.6 Å². The molecule has 0 spiro atoms. The van der Waals surface area contributed by atoms with Crippen molar-refractivity contribution < 1.29 is 0 Å². The average molecular weight is 277 g/mol. The van der Waals surface area contributed by atoms with E-state index in [0.717, 1.165) is 10.7 Å². The Labute approximate surface area is 112 Å². The summed E-state index contributed by atoms with van der Waals surface area (Å²) in [7, 11) is 0. The molecular weight excluding hydrogens is 268 g/mol. The van der Waals surface area contributed by atoms with E-state index in [-0.39, 0.29) is 0 Å². The average Bonchev–Trinajstić information content (AvgIpc) is 2.99. The second kappa shape index (κ2) is 4.44. The van der Waals surface area contributed by atoms with Crippen LogP contribution in [0.4, 0.5) is 5.69 Å². The van der Waals surface area contributed by atoms with Gasteiger partial charge in [-0.3, -0.25) is 5.10 Å². The van der Waals surface area contributed by atoms with Gasteiger partial charge in [-0.05, 0) is 23.6 Å². The molecule has 0 aliphatic heterocycles. The van der Waals surface area contributed by atoms with E-state index < -0.39 is 0 Å². The minimum absolute atomic E-state index is 0.515. The first-order chi connectivity index (χ1) is 8.75. The third kappa shape index (κ3) is 1.87. The largest absolute Gasteiger partial charge is 0.398 e. The molecule has 3 N–H and O–H groups in total. The van der Waals surface area contributed by atoms with Crippen LogP contribution >= 0.6 is 22.9 Å². The van der Waals surface area contributed by atoms with Crippen molar-refractivity contribution in [3.8, 4) is 22.1 Å². The van der Waals surface area contributed by atoms with Crippen LogP contribution in [-0.2, 0) is 0 Å². The predicted octanol–water partition coefficient (Wildman–Crippen LogP) is 3.44. The van der Waals surface area contributed by atoms with Gasteiger partial charge in [0.25, 0.3) is 0 Å². The van der Waals surface area contributed by atoms with Gasteiger partial charge in [0.1, 0.15) is 0 Å². The van der Waals surface area contributed by atoms with Crippen LogP contribution in [0.15, 0.2) is 35.7 Å². The molecule has 0 saturated heterocycles. The predicted molar refractivity (Wildman–Crippen MR) is 74.6 cm³/mol. The van der Waals surface area contributed by atoms with Gasteiger partial charge in [0.2, 0.25) is 0 Å². The zero-order chi connectivity index (χ0) is 12.5. The molecule has 0 bridgehead atoms. The van der Waals surface area contributed by atoms with E-state index in [9.17, 15) is 0 Å². The van der Waals surface area contributed by atoms with Crippen molar-refractivity contribution in [2.45, 2.75) is 0 Å². The van der Waals surface area contributed by atoms with Crippen molar-refractivity contribution in [1.82, 2.24) is 15.2 Å². The Hall–Kier alpha value is -1.85. The second-order valence-electron chi connectivity index (χ2n) is 3.69. The zero-order valence-electron chi connectivity index (χ0n) is 9.22. The number of nitrogen functional groups attached to an aromatic ring is 1. The van der Waals surface area contributed by atoms with Crippen molar-refractivity contribution in [3.63, 3.8) is 0 Å². The molecule has 3 aromatic rings. The Balaban J connectivity index is 2.09. The lowest BCUT2D eigenvalue weighted by Crippen LogP contribution is -1.92. The SMILES string of the molecule is Nc1cccc(Cl)c1-c1n[nH]c(-c2cccs2)n1. The van der Waals surface area contributed by atoms with Crippen LogP contribution in [0.5, 0.6) is 0 Å². The zero-order valence-corrected chi connectivity index (χ0v) is 10.8. The molecule has 18 heavy (non-hydrogen) atoms. The number of benzene rings is 1. The van der Waals surface area contributed by atoms with Gasteiger partial charge >= 0.3 is 0 Å². The lowest BCUT2D eigenvalue weighted by atomic mass is 10.2. The van der Waals surface area contributed by atoms with E-state index in [2.05, 4.69) is 15.2 Å². The molecule has 2 aromatic heterocycles. The van der Waals surface area contributed by atoms with Gasteiger partial charge in [-0.15, -0.1) is 11.3 Å². The fourth-order valence-corrected chi connectivity index (χ4v) is 2.60. The normalized spacial score (nSPS) is 10.7. The Kier molecular flexibility index (Phi) is 2.77. The lowest BCUT2D eigenvalue weighted by Gasteiger charge is -2.02. The van der Waals surface area contributed by atoms with Gasteiger partial charge in [0.15, 0.2) is 11.6 Å². The Bertz CT molecular complexity index is 655. The molecule has 0 fully saturated rings. The molecule has 4 nitrogen and oxygen atoms in total. The number of H-pyrrole nitrogens is 1. The summed E-state index contributed by atoms with van der Waals surface area (Å²) in [4.78, 5) is 5.45. The number of hydrogen-bond donors (Lipinski definition) is 2. The lowest BCUT2D eigenvalue weighted by molar-refractivity contribution is 1.10. The van der Waals surface area contributed by atoms with E-state index >= 15 is 0 Å². The number of rotatable bonds is 2. The monoisotopic (exact) mass is 276 g/mol. The minimum Gasteiger partial charge on any atom is -0.398 e. The number of nitrogens with two attached hydrogens (primary N) is 1. The highest BCUT2D eigenvalue weighted by Gasteiger charge is 2.13. The molecule has 0 saturated carbocycles. The molecule has 0 atom stereocenters. The van der Waals surface area contributed by atoms with Crippen LogP contribution in [0, 0.1) is 0 Å². The Morgan fingerprint density at radius 3 is 2.83 bits per heavy atom. The van der Waals surface area contributed by atoms with Crippen molar-refractivity contribution >= 4 is 28.6 Å². The molecule has 2 heterocycles. The van der Waals surface area contributed by atoms with E-state index in [1.807, 2.05) is 17.5 Å². The highest BCUT2D eigenvalue weighted by atomic mass is 35.5. The van der Waals surface area contributed by atoms with Crippen molar-refractivity contribution in [3.05, 3.63) is 40.7 Å². The van der Waals surface area contributed by atoms with Crippen LogP contribution in [0.1, 0.15) is 0 Å². The van der Waals surface area contributed by atoms with E-state index in [4.69, 9.17) is 17.3 Å². The Morgan fingerprint density at radius 2 is 2.11 bits per heavy atom. The molecule has 90 valence electrons. The number of halogens is 1. The maximum atomic E-state index is 6.13. The maximum absolute atomic E-state index is 6.13. The first-order valence-electron chi connectivity index (χ1n) is 5.26. The van der Waals surface area contributed by atoms with Crippen LogP contribution in [0.2, 0.25) is 5.02 Å². The molecular formula is C12H9ClN4S. The third-order valence-corrected chi connectivity index (χ3v) is 3.70. The molecule has 1 aromatic carbocycles. The van der Waals surface area contributed by atoms with Gasteiger partial charge in [-0.1, -0.05) is 23.7 Å². The third-order valence-electron chi connectivity index (χ3n) is 2.51. The summed E-state index contributed by atoms with van der Waals surface area (Å²) in [6, 6.07) is 9.29. The van der Waals surface area contributed by atoms with Crippen molar-refractivity contribution in [1.29, 1.82) is 0 Å². The number of nitrogens with one attached hydrogen (secondary N) is 1. The van der Waals surface area contributed by atoms with Crippen LogP contribution < -0.4 is 5.73 Å². The first kappa shape index (κ1) is 11.3. The molecule has 0 unspecified atom stereocenters. The van der Waals surface area contributed by atoms with Gasteiger partial charge in [-0.25, -0.2) is 4.98 Å². The summed E-state index contributed by atoms with van der Waals surface area (Å²) in [6.07, 6.45) is 0.